The Hall–Kier alpha value is -1.80. The Morgan fingerprint density at radius 1 is 0.478 bits per heavy atom. The lowest BCUT2D eigenvalue weighted by Gasteiger charge is -2.24. The highest BCUT2D eigenvalue weighted by Crippen LogP contribution is 2.43. The van der Waals surface area contributed by atoms with Crippen molar-refractivity contribution in [1.82, 2.24) is 0 Å². The normalized spacial score (nSPS) is 13.9. The zero-order chi connectivity index (χ0) is 49.0. The first-order valence-corrected chi connectivity index (χ1v) is 29.5. The summed E-state index contributed by atoms with van der Waals surface area (Å²) in [4.78, 5) is 23.1. The lowest BCUT2D eigenvalue weighted by molar-refractivity contribution is -0.870. The van der Waals surface area contributed by atoms with Crippen LogP contribution in [0.1, 0.15) is 245 Å². The highest BCUT2D eigenvalue weighted by Gasteiger charge is 2.26. The molecule has 392 valence electrons. The Bertz CT molecular complexity index is 1260. The molecule has 8 nitrogen and oxygen atoms in total. The number of carbonyl (C=O) groups is 1. The van der Waals surface area contributed by atoms with E-state index in [0.717, 1.165) is 70.6 Å². The van der Waals surface area contributed by atoms with E-state index in [1.165, 1.54) is 154 Å². The molecule has 0 fully saturated rings. The van der Waals surface area contributed by atoms with Crippen molar-refractivity contribution < 1.29 is 37.3 Å². The van der Waals surface area contributed by atoms with E-state index in [1.54, 1.807) is 0 Å². The third-order valence-electron chi connectivity index (χ3n) is 12.1. The average molecular weight is 963 g/mol. The van der Waals surface area contributed by atoms with Gasteiger partial charge in [-0.3, -0.25) is 13.8 Å². The maximum atomic E-state index is 12.8. The molecule has 0 bridgehead atoms. The van der Waals surface area contributed by atoms with Crippen molar-refractivity contribution >= 4 is 13.8 Å². The summed E-state index contributed by atoms with van der Waals surface area (Å²) < 4.78 is 35.2. The highest BCUT2D eigenvalue weighted by atomic mass is 31.2. The molecule has 0 aliphatic heterocycles. The quantitative estimate of drug-likeness (QED) is 0.0213. The summed E-state index contributed by atoms with van der Waals surface area (Å²) in [6.07, 6.45) is 65.6. The van der Waals surface area contributed by atoms with E-state index in [9.17, 15) is 14.3 Å². The second-order valence-electron chi connectivity index (χ2n) is 19.9. The van der Waals surface area contributed by atoms with Gasteiger partial charge in [-0.25, -0.2) is 4.57 Å². The van der Waals surface area contributed by atoms with Gasteiger partial charge in [-0.1, -0.05) is 242 Å². The van der Waals surface area contributed by atoms with Crippen molar-refractivity contribution in [3.8, 4) is 0 Å². The lowest BCUT2D eigenvalue weighted by Crippen LogP contribution is -2.37. The fraction of sp³-hybridized carbons (Fsp3) is 0.810. The number of phosphoric ester groups is 1. The van der Waals surface area contributed by atoms with Crippen molar-refractivity contribution in [3.05, 3.63) is 60.8 Å². The fourth-order valence-corrected chi connectivity index (χ4v) is 8.56. The van der Waals surface area contributed by atoms with Crippen LogP contribution in [0.4, 0.5) is 0 Å². The zero-order valence-corrected chi connectivity index (χ0v) is 45.5. The number of likely N-dealkylation sites (N-methyl/N-ethyl adjacent to an activating group) is 1. The molecule has 0 spiro atoms. The van der Waals surface area contributed by atoms with Crippen molar-refractivity contribution in [2.75, 3.05) is 54.1 Å². The summed E-state index contributed by atoms with van der Waals surface area (Å²) in [5, 5.41) is 0. The monoisotopic (exact) mass is 963 g/mol. The number of nitrogens with zero attached hydrogens (tertiary/aromatic N) is 1. The molecule has 0 saturated heterocycles. The molecule has 0 aromatic rings. The second-order valence-corrected chi connectivity index (χ2v) is 21.4. The molecule has 9 heteroatoms. The van der Waals surface area contributed by atoms with Gasteiger partial charge in [0.25, 0.3) is 0 Å². The minimum atomic E-state index is -4.29. The summed E-state index contributed by atoms with van der Waals surface area (Å²) >= 11 is 0. The molecule has 0 amide bonds. The first-order chi connectivity index (χ1) is 32.6. The maximum Gasteiger partial charge on any atom is 0.472 e. The number of carbonyl (C=O) groups excluding carboxylic acids is 1. The lowest BCUT2D eigenvalue weighted by atomic mass is 10.0. The third-order valence-corrected chi connectivity index (χ3v) is 13.1. The van der Waals surface area contributed by atoms with Gasteiger partial charge >= 0.3 is 13.8 Å². The van der Waals surface area contributed by atoms with Gasteiger partial charge < -0.3 is 18.9 Å². The summed E-state index contributed by atoms with van der Waals surface area (Å²) in [6, 6.07) is 0. The highest BCUT2D eigenvalue weighted by molar-refractivity contribution is 7.47. The summed E-state index contributed by atoms with van der Waals surface area (Å²) in [6.45, 7) is 5.53. The Balaban J connectivity index is 4.10. The SMILES string of the molecule is CC/C=C\C/C=C\C/C=C\C/C=C\C/C=C\CCCCCCCCCCOCC(COP(=O)(O)OCC[N+](C)(C)C)OC(=O)CCCCCCCCCCCCCCCCCCCCCCC. The molecule has 0 aromatic heterocycles. The Labute approximate surface area is 415 Å². The molecular formula is C58H109NO7P+. The van der Waals surface area contributed by atoms with Gasteiger partial charge in [0, 0.05) is 13.0 Å². The van der Waals surface area contributed by atoms with Gasteiger partial charge in [0.2, 0.25) is 0 Å². The molecule has 0 aliphatic rings. The molecule has 1 N–H and O–H groups in total. The number of unbranched alkanes of at least 4 members (excludes halogenated alkanes) is 28. The van der Waals surface area contributed by atoms with E-state index < -0.39 is 13.9 Å². The van der Waals surface area contributed by atoms with Crippen LogP contribution in [0.15, 0.2) is 60.8 Å². The van der Waals surface area contributed by atoms with Crippen molar-refractivity contribution in [3.63, 3.8) is 0 Å². The summed E-state index contributed by atoms with van der Waals surface area (Å²) in [7, 11) is 1.67. The fourth-order valence-electron chi connectivity index (χ4n) is 7.82. The van der Waals surface area contributed by atoms with Gasteiger partial charge in [0.15, 0.2) is 0 Å². The van der Waals surface area contributed by atoms with Crippen LogP contribution >= 0.6 is 7.82 Å². The van der Waals surface area contributed by atoms with Crippen molar-refractivity contribution in [2.24, 2.45) is 0 Å². The first-order valence-electron chi connectivity index (χ1n) is 28.0. The van der Waals surface area contributed by atoms with E-state index in [0.29, 0.717) is 24.1 Å². The predicted molar refractivity (Wildman–Crippen MR) is 289 cm³/mol. The molecule has 67 heavy (non-hydrogen) atoms. The van der Waals surface area contributed by atoms with E-state index in [1.807, 2.05) is 21.1 Å². The molecular weight excluding hydrogens is 854 g/mol. The van der Waals surface area contributed by atoms with Crippen LogP contribution < -0.4 is 0 Å². The number of allylic oxidation sites excluding steroid dienone is 10. The van der Waals surface area contributed by atoms with Gasteiger partial charge in [0.1, 0.15) is 19.3 Å². The van der Waals surface area contributed by atoms with Crippen LogP contribution in [0.5, 0.6) is 0 Å². The van der Waals surface area contributed by atoms with Crippen LogP contribution in [0.3, 0.4) is 0 Å². The number of ether oxygens (including phenoxy) is 2. The third kappa shape index (κ3) is 55.0. The number of phosphoric acid groups is 1. The van der Waals surface area contributed by atoms with Crippen LogP contribution in [-0.2, 0) is 27.9 Å². The van der Waals surface area contributed by atoms with Crippen LogP contribution in [0, 0.1) is 0 Å². The van der Waals surface area contributed by atoms with Gasteiger partial charge in [0.05, 0.1) is 34.4 Å². The first kappa shape index (κ1) is 65.2. The summed E-state index contributed by atoms with van der Waals surface area (Å²) in [5.41, 5.74) is 0. The summed E-state index contributed by atoms with van der Waals surface area (Å²) in [5.74, 6) is -0.313. The van der Waals surface area contributed by atoms with Gasteiger partial charge in [-0.05, 0) is 57.8 Å². The molecule has 0 radical (unpaired) electrons. The minimum absolute atomic E-state index is 0.0861. The zero-order valence-electron chi connectivity index (χ0n) is 44.6. The standard InChI is InChI=1S/C58H108NO7P/c1-6-8-10-12-14-16-18-20-22-24-26-28-29-30-32-34-36-38-40-42-44-46-48-50-53-63-55-57(56-65-67(61,62)64-54-52-59(3,4)5)66-58(60)51-49-47-45-43-41-39-37-35-33-31-27-25-23-21-19-17-15-13-11-9-7-2/h8,10,14,16,20,22,26,28,30,32,57H,6-7,9,11-13,15,17-19,21,23-25,27,29,31,33-56H2,1-5H3/p+1/b10-8-,16-14-,22-20-,28-26-,32-30-. The average Bonchev–Trinajstić information content (AvgIpc) is 3.29. The van der Waals surface area contributed by atoms with Crippen molar-refractivity contribution in [1.29, 1.82) is 0 Å². The van der Waals surface area contributed by atoms with Crippen LogP contribution in [-0.4, -0.2) is 75.6 Å². The Morgan fingerprint density at radius 3 is 1.30 bits per heavy atom. The Kier molecular flexibility index (Phi) is 49.2. The molecule has 0 rings (SSSR count). The van der Waals surface area contributed by atoms with E-state index in [2.05, 4.69) is 74.6 Å². The largest absolute Gasteiger partial charge is 0.472 e. The van der Waals surface area contributed by atoms with E-state index in [4.69, 9.17) is 18.5 Å². The molecule has 2 atom stereocenters. The topological polar surface area (TPSA) is 91.3 Å². The number of hydrogen-bond acceptors (Lipinski definition) is 6. The second kappa shape index (κ2) is 50.6. The molecule has 0 aliphatic carbocycles. The molecule has 0 heterocycles. The van der Waals surface area contributed by atoms with Crippen LogP contribution in [0.25, 0.3) is 0 Å². The molecule has 2 unspecified atom stereocenters. The number of hydrogen-bond donors (Lipinski definition) is 1. The van der Waals surface area contributed by atoms with Crippen LogP contribution in [0.2, 0.25) is 0 Å². The number of esters is 1. The van der Waals surface area contributed by atoms with Crippen molar-refractivity contribution in [2.45, 2.75) is 251 Å². The molecule has 0 saturated carbocycles. The van der Waals surface area contributed by atoms with Gasteiger partial charge in [-0.2, -0.15) is 0 Å². The van der Waals surface area contributed by atoms with Gasteiger partial charge in [-0.15, -0.1) is 0 Å². The smallest absolute Gasteiger partial charge is 0.457 e. The minimum Gasteiger partial charge on any atom is -0.457 e. The molecule has 0 aromatic carbocycles. The Morgan fingerprint density at radius 2 is 0.866 bits per heavy atom. The maximum absolute atomic E-state index is 12.8. The number of rotatable bonds is 52. The predicted octanol–water partition coefficient (Wildman–Crippen LogP) is 17.6. The van der Waals surface area contributed by atoms with E-state index in [-0.39, 0.29) is 25.8 Å². The van der Waals surface area contributed by atoms with E-state index >= 15 is 0 Å². The number of quaternary nitrogens is 1.